The predicted octanol–water partition coefficient (Wildman–Crippen LogP) is 3.42. The van der Waals surface area contributed by atoms with Gasteiger partial charge in [-0.3, -0.25) is 19.6 Å². The van der Waals surface area contributed by atoms with E-state index in [0.717, 1.165) is 22.3 Å². The van der Waals surface area contributed by atoms with Gasteiger partial charge < -0.3 is 14.7 Å². The summed E-state index contributed by atoms with van der Waals surface area (Å²) in [5.74, 6) is -1.96. The number of carboxylic acids is 1. The molecule has 0 fully saturated rings. The third-order valence-electron chi connectivity index (χ3n) is 5.92. The summed E-state index contributed by atoms with van der Waals surface area (Å²) < 4.78 is 6.90. The summed E-state index contributed by atoms with van der Waals surface area (Å²) in [6, 6.07) is 16.2. The highest BCUT2D eigenvalue weighted by Crippen LogP contribution is 2.44. The van der Waals surface area contributed by atoms with Crippen LogP contribution in [-0.2, 0) is 20.9 Å². The molecule has 34 heavy (non-hydrogen) atoms. The number of likely N-dealkylation sites (N-methyl/N-ethyl adjacent to an activating group) is 1. The summed E-state index contributed by atoms with van der Waals surface area (Å²) in [5.41, 5.74) is 4.96. The number of carbonyl (C=O) groups excluding carboxylic acids is 2. The van der Waals surface area contributed by atoms with Crippen LogP contribution in [0.2, 0.25) is 0 Å². The fourth-order valence-electron chi connectivity index (χ4n) is 4.12. The van der Waals surface area contributed by atoms with Gasteiger partial charge >= 0.3 is 12.1 Å². The van der Waals surface area contributed by atoms with E-state index in [9.17, 15) is 14.4 Å². The summed E-state index contributed by atoms with van der Waals surface area (Å²) in [5, 5.41) is 15.7. The average Bonchev–Trinajstić information content (AvgIpc) is 3.39. The molecule has 9 nitrogen and oxygen atoms in total. The van der Waals surface area contributed by atoms with Gasteiger partial charge in [-0.1, -0.05) is 55.5 Å². The Morgan fingerprint density at radius 2 is 1.74 bits per heavy atom. The van der Waals surface area contributed by atoms with Gasteiger partial charge in [0.2, 0.25) is 5.91 Å². The van der Waals surface area contributed by atoms with E-state index in [2.05, 4.69) is 34.7 Å². The molecule has 0 saturated carbocycles. The van der Waals surface area contributed by atoms with Crippen LogP contribution in [0.5, 0.6) is 0 Å². The molecule has 2 aromatic carbocycles. The van der Waals surface area contributed by atoms with Gasteiger partial charge in [-0.15, -0.1) is 0 Å². The predicted molar refractivity (Wildman–Crippen MR) is 125 cm³/mol. The third-order valence-corrected chi connectivity index (χ3v) is 5.92. The number of anilines is 1. The molecule has 1 unspecified atom stereocenters. The zero-order valence-corrected chi connectivity index (χ0v) is 19.0. The van der Waals surface area contributed by atoms with Crippen LogP contribution in [0.3, 0.4) is 0 Å². The van der Waals surface area contributed by atoms with Gasteiger partial charge in [-0.2, -0.15) is 5.10 Å². The Morgan fingerprint density at radius 3 is 2.35 bits per heavy atom. The normalized spacial score (nSPS) is 13.0. The van der Waals surface area contributed by atoms with E-state index in [-0.39, 0.29) is 31.5 Å². The second kappa shape index (κ2) is 9.78. The van der Waals surface area contributed by atoms with Crippen LogP contribution in [0, 0.1) is 5.92 Å². The molecule has 1 heterocycles. The number of nitrogens with zero attached hydrogens (tertiary/aromatic N) is 3. The van der Waals surface area contributed by atoms with E-state index in [1.54, 1.807) is 7.05 Å². The summed E-state index contributed by atoms with van der Waals surface area (Å²) in [6.07, 6.45) is 2.34. The van der Waals surface area contributed by atoms with Crippen LogP contribution >= 0.6 is 0 Å². The van der Waals surface area contributed by atoms with Gasteiger partial charge in [-0.25, -0.2) is 4.79 Å². The molecule has 9 heteroatoms. The zero-order chi connectivity index (χ0) is 24.2. The lowest BCUT2D eigenvalue weighted by Crippen LogP contribution is -2.35. The smallest absolute Gasteiger partial charge is 0.411 e. The number of ether oxygens (including phenoxy) is 1. The maximum absolute atomic E-state index is 12.4. The first-order chi connectivity index (χ1) is 16.3. The number of aliphatic carboxylic acids is 1. The number of fused-ring (bicyclic) bond motifs is 3. The second-order valence-corrected chi connectivity index (χ2v) is 8.39. The Kier molecular flexibility index (Phi) is 6.62. The van der Waals surface area contributed by atoms with E-state index in [0.29, 0.717) is 5.69 Å². The fourth-order valence-corrected chi connectivity index (χ4v) is 4.12. The number of nitrogens with one attached hydrogen (secondary N) is 1. The Labute approximate surface area is 196 Å². The lowest BCUT2D eigenvalue weighted by molar-refractivity contribution is -0.142. The number of carbonyl (C=O) groups is 3. The van der Waals surface area contributed by atoms with Crippen molar-refractivity contribution in [2.75, 3.05) is 25.5 Å². The summed E-state index contributed by atoms with van der Waals surface area (Å²) >= 11 is 0. The number of amides is 2. The van der Waals surface area contributed by atoms with Crippen molar-refractivity contribution in [3.8, 4) is 11.1 Å². The lowest BCUT2D eigenvalue weighted by Gasteiger charge is -2.19. The minimum absolute atomic E-state index is 0.0396. The number of hydrogen-bond donors (Lipinski definition) is 2. The number of hydrogen-bond acceptors (Lipinski definition) is 5. The molecular formula is C25H26N4O5. The van der Waals surface area contributed by atoms with Crippen molar-refractivity contribution < 1.29 is 24.2 Å². The first-order valence-electron chi connectivity index (χ1n) is 10.9. The Balaban J connectivity index is 1.32. The van der Waals surface area contributed by atoms with Gasteiger partial charge in [0.25, 0.3) is 0 Å². The third kappa shape index (κ3) is 4.93. The van der Waals surface area contributed by atoms with Crippen LogP contribution in [0.1, 0.15) is 24.0 Å². The van der Waals surface area contributed by atoms with Crippen LogP contribution in [0.4, 0.5) is 10.5 Å². The maximum Gasteiger partial charge on any atom is 0.411 e. The van der Waals surface area contributed by atoms with Crippen molar-refractivity contribution in [2.24, 2.45) is 5.92 Å². The highest BCUT2D eigenvalue weighted by molar-refractivity contribution is 5.85. The summed E-state index contributed by atoms with van der Waals surface area (Å²) in [4.78, 5) is 37.0. The molecule has 0 saturated heterocycles. The highest BCUT2D eigenvalue weighted by Gasteiger charge is 2.29. The number of rotatable bonds is 8. The topological polar surface area (TPSA) is 114 Å². The fraction of sp³-hybridized carbons (Fsp3) is 0.280. The van der Waals surface area contributed by atoms with Gasteiger partial charge in [0.05, 0.1) is 17.8 Å². The summed E-state index contributed by atoms with van der Waals surface area (Å²) in [7, 11) is 1.54. The molecule has 0 radical (unpaired) electrons. The van der Waals surface area contributed by atoms with Crippen molar-refractivity contribution in [3.05, 3.63) is 72.1 Å². The van der Waals surface area contributed by atoms with Gasteiger partial charge in [0.1, 0.15) is 13.2 Å². The van der Waals surface area contributed by atoms with Gasteiger partial charge in [0.15, 0.2) is 0 Å². The quantitative estimate of drug-likeness (QED) is 0.530. The minimum atomic E-state index is -0.965. The van der Waals surface area contributed by atoms with Crippen molar-refractivity contribution in [1.29, 1.82) is 0 Å². The molecule has 1 aromatic heterocycles. The Morgan fingerprint density at radius 1 is 1.12 bits per heavy atom. The molecule has 0 spiro atoms. The Hall–Kier alpha value is -4.14. The monoisotopic (exact) mass is 462 g/mol. The van der Waals surface area contributed by atoms with Crippen molar-refractivity contribution in [1.82, 2.24) is 14.7 Å². The molecule has 1 aliphatic carbocycles. The zero-order valence-electron chi connectivity index (χ0n) is 19.0. The van der Waals surface area contributed by atoms with Crippen molar-refractivity contribution in [2.45, 2.75) is 19.4 Å². The van der Waals surface area contributed by atoms with Crippen LogP contribution < -0.4 is 5.32 Å². The second-order valence-electron chi connectivity index (χ2n) is 8.39. The van der Waals surface area contributed by atoms with Crippen molar-refractivity contribution in [3.63, 3.8) is 0 Å². The van der Waals surface area contributed by atoms with Crippen molar-refractivity contribution >= 4 is 23.7 Å². The molecule has 3 aromatic rings. The number of aromatic nitrogens is 2. The average molecular weight is 463 g/mol. The molecule has 1 aliphatic rings. The SMILES string of the molecule is CC(CN(C)C(=O)Cn1cc(NC(=O)OCC2c3ccccc3-c3ccccc32)cn1)C(=O)O. The van der Waals surface area contributed by atoms with Gasteiger partial charge in [0, 0.05) is 25.7 Å². The van der Waals surface area contributed by atoms with Crippen LogP contribution in [0.15, 0.2) is 60.9 Å². The number of benzene rings is 2. The Bertz CT molecular complexity index is 1180. The van der Waals surface area contributed by atoms with Crippen LogP contribution in [-0.4, -0.2) is 58.0 Å². The number of carboxylic acid groups (broad SMARTS) is 1. The standard InChI is InChI=1S/C25H26N4O5/c1-16(24(31)32)12-28(2)23(30)14-29-13-17(11-26-29)27-25(33)34-15-22-20-9-5-3-7-18(20)19-8-4-6-10-21(19)22/h3-11,13,16,22H,12,14-15H2,1-2H3,(H,27,33)(H,31,32). The minimum Gasteiger partial charge on any atom is -0.481 e. The van der Waals surface area contributed by atoms with E-state index in [1.165, 1.54) is 28.9 Å². The molecule has 2 amide bonds. The molecule has 2 N–H and O–H groups in total. The maximum atomic E-state index is 12.4. The molecule has 176 valence electrons. The van der Waals surface area contributed by atoms with E-state index < -0.39 is 18.0 Å². The van der Waals surface area contributed by atoms with Crippen LogP contribution in [0.25, 0.3) is 11.1 Å². The molecular weight excluding hydrogens is 436 g/mol. The first kappa shape index (κ1) is 23.0. The lowest BCUT2D eigenvalue weighted by atomic mass is 9.98. The highest BCUT2D eigenvalue weighted by atomic mass is 16.5. The largest absolute Gasteiger partial charge is 0.481 e. The molecule has 0 bridgehead atoms. The van der Waals surface area contributed by atoms with E-state index in [1.807, 2.05) is 24.3 Å². The molecule has 0 aliphatic heterocycles. The molecule has 1 atom stereocenters. The summed E-state index contributed by atoms with van der Waals surface area (Å²) in [6.45, 7) is 1.75. The van der Waals surface area contributed by atoms with E-state index >= 15 is 0 Å². The first-order valence-corrected chi connectivity index (χ1v) is 10.9. The molecule has 4 rings (SSSR count). The van der Waals surface area contributed by atoms with E-state index in [4.69, 9.17) is 9.84 Å². The van der Waals surface area contributed by atoms with Gasteiger partial charge in [-0.05, 0) is 22.3 Å².